The van der Waals surface area contributed by atoms with E-state index in [2.05, 4.69) is 11.8 Å². The molecule has 1 unspecified atom stereocenters. The van der Waals surface area contributed by atoms with Gasteiger partial charge in [-0.25, -0.2) is 0 Å². The lowest BCUT2D eigenvalue weighted by Crippen LogP contribution is -2.39. The van der Waals surface area contributed by atoms with Crippen LogP contribution in [0.1, 0.15) is 19.8 Å². The van der Waals surface area contributed by atoms with Crippen LogP contribution in [-0.2, 0) is 4.79 Å². The summed E-state index contributed by atoms with van der Waals surface area (Å²) in [5.41, 5.74) is 0. The van der Waals surface area contributed by atoms with Gasteiger partial charge in [0, 0.05) is 18.8 Å². The predicted molar refractivity (Wildman–Crippen MR) is 59.8 cm³/mol. The molecule has 0 radical (unpaired) electrons. The van der Waals surface area contributed by atoms with Crippen molar-refractivity contribution in [2.45, 2.75) is 19.8 Å². The first kappa shape index (κ1) is 11.9. The molecule has 0 aliphatic carbocycles. The molecule has 82 valence electrons. The monoisotopic (exact) mass is 217 g/mol. The van der Waals surface area contributed by atoms with Gasteiger partial charge in [0.2, 0.25) is 0 Å². The van der Waals surface area contributed by atoms with Crippen LogP contribution in [0.15, 0.2) is 0 Å². The molecule has 1 rings (SSSR count). The van der Waals surface area contributed by atoms with Crippen molar-refractivity contribution in [3.8, 4) is 0 Å². The molecule has 4 heteroatoms. The summed E-state index contributed by atoms with van der Waals surface area (Å²) in [5, 5.41) is 8.90. The van der Waals surface area contributed by atoms with Crippen LogP contribution in [-0.4, -0.2) is 47.1 Å². The molecule has 0 aromatic carbocycles. The number of carbonyl (C=O) groups is 1. The summed E-state index contributed by atoms with van der Waals surface area (Å²) in [6, 6.07) is 0. The van der Waals surface area contributed by atoms with Gasteiger partial charge in [-0.1, -0.05) is 6.92 Å². The quantitative estimate of drug-likeness (QED) is 0.709. The van der Waals surface area contributed by atoms with E-state index in [4.69, 9.17) is 5.11 Å². The van der Waals surface area contributed by atoms with Crippen molar-refractivity contribution in [2.24, 2.45) is 5.92 Å². The van der Waals surface area contributed by atoms with Gasteiger partial charge in [0.05, 0.1) is 5.92 Å². The topological polar surface area (TPSA) is 40.5 Å². The van der Waals surface area contributed by atoms with Gasteiger partial charge in [0.1, 0.15) is 0 Å². The Morgan fingerprint density at radius 2 is 2.43 bits per heavy atom. The van der Waals surface area contributed by atoms with Gasteiger partial charge in [0.25, 0.3) is 0 Å². The van der Waals surface area contributed by atoms with Gasteiger partial charge in [-0.15, -0.1) is 0 Å². The maximum Gasteiger partial charge on any atom is 0.307 e. The molecule has 1 fully saturated rings. The third-order valence-corrected chi connectivity index (χ3v) is 3.49. The van der Waals surface area contributed by atoms with E-state index in [9.17, 15) is 4.79 Å². The highest BCUT2D eigenvalue weighted by Gasteiger charge is 2.24. The number of piperidine rings is 1. The maximum atomic E-state index is 10.8. The number of aliphatic carboxylic acids is 1. The molecule has 0 bridgehead atoms. The molecule has 0 aromatic rings. The number of carboxylic acids is 1. The average molecular weight is 217 g/mol. The number of nitrogens with zero attached hydrogens (tertiary/aromatic N) is 1. The predicted octanol–water partition coefficient (Wildman–Crippen LogP) is 1.54. The van der Waals surface area contributed by atoms with E-state index in [0.29, 0.717) is 0 Å². The maximum absolute atomic E-state index is 10.8. The lowest BCUT2D eigenvalue weighted by Gasteiger charge is -2.30. The fourth-order valence-corrected chi connectivity index (χ4v) is 2.47. The lowest BCUT2D eigenvalue weighted by molar-refractivity contribution is -0.143. The van der Waals surface area contributed by atoms with Gasteiger partial charge in [-0.3, -0.25) is 4.79 Å². The fourth-order valence-electron chi connectivity index (χ4n) is 1.80. The summed E-state index contributed by atoms with van der Waals surface area (Å²) in [5.74, 6) is 1.52. The molecule has 1 aliphatic rings. The van der Waals surface area contributed by atoms with Crippen molar-refractivity contribution in [1.82, 2.24) is 4.90 Å². The van der Waals surface area contributed by atoms with E-state index in [1.165, 1.54) is 0 Å². The molecule has 3 nitrogen and oxygen atoms in total. The van der Waals surface area contributed by atoms with Crippen LogP contribution in [0.2, 0.25) is 0 Å². The summed E-state index contributed by atoms with van der Waals surface area (Å²) >= 11 is 1.92. The Hall–Kier alpha value is -0.220. The van der Waals surface area contributed by atoms with Crippen LogP contribution in [0.4, 0.5) is 0 Å². The van der Waals surface area contributed by atoms with E-state index in [1.807, 2.05) is 11.8 Å². The minimum Gasteiger partial charge on any atom is -0.481 e. The van der Waals surface area contributed by atoms with E-state index < -0.39 is 5.97 Å². The third-order valence-electron chi connectivity index (χ3n) is 2.61. The molecule has 1 saturated heterocycles. The Morgan fingerprint density at radius 1 is 1.64 bits per heavy atom. The first-order valence-corrected chi connectivity index (χ1v) is 6.42. The van der Waals surface area contributed by atoms with Gasteiger partial charge in [-0.05, 0) is 25.1 Å². The standard InChI is InChI=1S/C10H19NO2S/c1-2-14-7-6-11-5-3-4-9(8-11)10(12)13/h9H,2-8H2,1H3,(H,12,13). The van der Waals surface area contributed by atoms with Gasteiger partial charge in [-0.2, -0.15) is 11.8 Å². The Kier molecular flexibility index (Phi) is 5.33. The second-order valence-electron chi connectivity index (χ2n) is 3.67. The van der Waals surface area contributed by atoms with Crippen LogP contribution in [0.25, 0.3) is 0 Å². The summed E-state index contributed by atoms with van der Waals surface area (Å²) in [6.45, 7) is 5.02. The highest BCUT2D eigenvalue weighted by molar-refractivity contribution is 7.99. The third kappa shape index (κ3) is 3.88. The molecular weight excluding hydrogens is 198 g/mol. The van der Waals surface area contributed by atoms with E-state index in [0.717, 1.165) is 44.0 Å². The second kappa shape index (κ2) is 6.30. The molecule has 0 spiro atoms. The van der Waals surface area contributed by atoms with Crippen molar-refractivity contribution < 1.29 is 9.90 Å². The Bertz CT molecular complexity index is 187. The van der Waals surface area contributed by atoms with Crippen LogP contribution < -0.4 is 0 Å². The second-order valence-corrected chi connectivity index (χ2v) is 5.07. The van der Waals surface area contributed by atoms with Gasteiger partial charge >= 0.3 is 5.97 Å². The lowest BCUT2D eigenvalue weighted by atomic mass is 9.98. The van der Waals surface area contributed by atoms with Crippen LogP contribution in [0.5, 0.6) is 0 Å². The first-order valence-electron chi connectivity index (χ1n) is 5.27. The van der Waals surface area contributed by atoms with Gasteiger partial charge in [0.15, 0.2) is 0 Å². The van der Waals surface area contributed by atoms with Crippen molar-refractivity contribution in [2.75, 3.05) is 31.1 Å². The summed E-state index contributed by atoms with van der Waals surface area (Å²) in [7, 11) is 0. The minimum absolute atomic E-state index is 0.129. The molecule has 1 heterocycles. The molecule has 1 aliphatic heterocycles. The smallest absolute Gasteiger partial charge is 0.307 e. The van der Waals surface area contributed by atoms with E-state index in [1.54, 1.807) is 0 Å². The number of hydrogen-bond donors (Lipinski definition) is 1. The zero-order valence-corrected chi connectivity index (χ0v) is 9.55. The molecule has 14 heavy (non-hydrogen) atoms. The highest BCUT2D eigenvalue weighted by Crippen LogP contribution is 2.16. The number of likely N-dealkylation sites (tertiary alicyclic amines) is 1. The zero-order chi connectivity index (χ0) is 10.4. The minimum atomic E-state index is -0.627. The van der Waals surface area contributed by atoms with Gasteiger partial charge < -0.3 is 10.0 Å². The first-order chi connectivity index (χ1) is 6.74. The normalized spacial score (nSPS) is 23.6. The Balaban J connectivity index is 2.22. The average Bonchev–Trinajstić information content (AvgIpc) is 2.19. The summed E-state index contributed by atoms with van der Waals surface area (Å²) < 4.78 is 0. The fraction of sp³-hybridized carbons (Fsp3) is 0.900. The molecule has 1 atom stereocenters. The Morgan fingerprint density at radius 3 is 3.07 bits per heavy atom. The zero-order valence-electron chi connectivity index (χ0n) is 8.74. The molecular formula is C10H19NO2S. The molecule has 0 amide bonds. The molecule has 1 N–H and O–H groups in total. The van der Waals surface area contributed by atoms with Crippen molar-refractivity contribution >= 4 is 17.7 Å². The Labute approximate surface area is 89.9 Å². The SMILES string of the molecule is CCSCCN1CCCC(C(=O)O)C1. The highest BCUT2D eigenvalue weighted by atomic mass is 32.2. The molecule has 0 aromatic heterocycles. The largest absolute Gasteiger partial charge is 0.481 e. The summed E-state index contributed by atoms with van der Waals surface area (Å²) in [4.78, 5) is 13.1. The van der Waals surface area contributed by atoms with E-state index in [-0.39, 0.29) is 5.92 Å². The number of rotatable bonds is 5. The number of carboxylic acid groups (broad SMARTS) is 1. The molecule has 0 saturated carbocycles. The van der Waals surface area contributed by atoms with Crippen molar-refractivity contribution in [3.63, 3.8) is 0 Å². The number of thioether (sulfide) groups is 1. The van der Waals surface area contributed by atoms with Crippen LogP contribution in [0, 0.1) is 5.92 Å². The van der Waals surface area contributed by atoms with Crippen molar-refractivity contribution in [3.05, 3.63) is 0 Å². The van der Waals surface area contributed by atoms with E-state index >= 15 is 0 Å². The van der Waals surface area contributed by atoms with Crippen LogP contribution in [0.3, 0.4) is 0 Å². The van der Waals surface area contributed by atoms with Crippen LogP contribution >= 0.6 is 11.8 Å². The summed E-state index contributed by atoms with van der Waals surface area (Å²) in [6.07, 6.45) is 1.89. The van der Waals surface area contributed by atoms with Crippen molar-refractivity contribution in [1.29, 1.82) is 0 Å². The number of hydrogen-bond acceptors (Lipinski definition) is 3.